The Balaban J connectivity index is 2.04. The summed E-state index contributed by atoms with van der Waals surface area (Å²) < 4.78 is 23.6. The number of methoxy groups -OCH3 is 2. The highest BCUT2D eigenvalue weighted by molar-refractivity contribution is 6.32. The normalized spacial score (nSPS) is 10.2. The molecule has 0 aromatic heterocycles. The second kappa shape index (κ2) is 8.08. The molecule has 2 N–H and O–H groups in total. The van der Waals surface area contributed by atoms with Gasteiger partial charge >= 0.3 is 0 Å². The van der Waals surface area contributed by atoms with E-state index in [9.17, 15) is 9.18 Å². The third kappa shape index (κ3) is 4.43. The molecule has 0 aliphatic heterocycles. The molecule has 5 nitrogen and oxygen atoms in total. The number of anilines is 2. The zero-order valence-corrected chi connectivity index (χ0v) is 14.5. The van der Waals surface area contributed by atoms with Crippen molar-refractivity contribution in [2.24, 2.45) is 0 Å². The van der Waals surface area contributed by atoms with Gasteiger partial charge in [0.25, 0.3) is 0 Å². The number of carbonyl (C=O) groups is 1. The molecule has 0 aliphatic rings. The lowest BCUT2D eigenvalue weighted by Crippen LogP contribution is -2.22. The largest absolute Gasteiger partial charge is 0.495 e. The van der Waals surface area contributed by atoms with Crippen LogP contribution in [-0.4, -0.2) is 26.7 Å². The van der Waals surface area contributed by atoms with E-state index < -0.39 is 5.82 Å². The maximum atomic E-state index is 13.3. The highest BCUT2D eigenvalue weighted by Crippen LogP contribution is 2.35. The van der Waals surface area contributed by atoms with Crippen LogP contribution in [0.5, 0.6) is 11.5 Å². The van der Waals surface area contributed by atoms with Gasteiger partial charge in [-0.05, 0) is 24.3 Å². The standard InChI is InChI=1S/C16H15Cl2FN2O3/c1-23-14-7-15(24-2)13(6-11(14)18)21-16(22)8-20-9-3-4-10(17)12(19)5-9/h3-7,20H,8H2,1-2H3,(H,21,22). The summed E-state index contributed by atoms with van der Waals surface area (Å²) in [7, 11) is 2.95. The molecule has 2 aromatic carbocycles. The van der Waals surface area contributed by atoms with E-state index in [1.165, 1.54) is 32.4 Å². The lowest BCUT2D eigenvalue weighted by Gasteiger charge is -2.13. The second-order valence-electron chi connectivity index (χ2n) is 4.72. The first-order valence-corrected chi connectivity index (χ1v) is 7.60. The Bertz CT molecular complexity index is 756. The fourth-order valence-electron chi connectivity index (χ4n) is 1.94. The highest BCUT2D eigenvalue weighted by Gasteiger charge is 2.12. The molecule has 24 heavy (non-hydrogen) atoms. The average molecular weight is 373 g/mol. The van der Waals surface area contributed by atoms with Crippen LogP contribution >= 0.6 is 23.2 Å². The van der Waals surface area contributed by atoms with Crippen molar-refractivity contribution < 1.29 is 18.7 Å². The summed E-state index contributed by atoms with van der Waals surface area (Å²) in [5, 5.41) is 5.81. The summed E-state index contributed by atoms with van der Waals surface area (Å²) in [5.41, 5.74) is 0.837. The van der Waals surface area contributed by atoms with E-state index in [1.807, 2.05) is 0 Å². The van der Waals surface area contributed by atoms with Gasteiger partial charge in [-0.1, -0.05) is 23.2 Å². The van der Waals surface area contributed by atoms with Gasteiger partial charge in [0.05, 0.1) is 36.5 Å². The molecule has 0 saturated heterocycles. The summed E-state index contributed by atoms with van der Waals surface area (Å²) in [5.74, 6) is -0.0843. The molecular formula is C16H15Cl2FN2O3. The molecule has 0 bridgehead atoms. The first kappa shape index (κ1) is 18.2. The van der Waals surface area contributed by atoms with Crippen LogP contribution in [0.4, 0.5) is 15.8 Å². The molecule has 128 valence electrons. The molecule has 0 spiro atoms. The van der Waals surface area contributed by atoms with Crippen LogP contribution < -0.4 is 20.1 Å². The first-order chi connectivity index (χ1) is 11.4. The molecule has 0 aliphatic carbocycles. The smallest absolute Gasteiger partial charge is 0.243 e. The van der Waals surface area contributed by atoms with E-state index in [-0.39, 0.29) is 17.5 Å². The monoisotopic (exact) mass is 372 g/mol. The Morgan fingerprint density at radius 2 is 1.79 bits per heavy atom. The van der Waals surface area contributed by atoms with E-state index in [4.69, 9.17) is 32.7 Å². The predicted molar refractivity (Wildman–Crippen MR) is 93.1 cm³/mol. The second-order valence-corrected chi connectivity index (χ2v) is 5.53. The summed E-state index contributed by atoms with van der Waals surface area (Å²) in [4.78, 5) is 12.0. The molecule has 2 aromatic rings. The average Bonchev–Trinajstić information content (AvgIpc) is 2.56. The van der Waals surface area contributed by atoms with Crippen LogP contribution in [0.3, 0.4) is 0 Å². The van der Waals surface area contributed by atoms with Crippen LogP contribution in [0.25, 0.3) is 0 Å². The van der Waals surface area contributed by atoms with Gasteiger partial charge in [0.1, 0.15) is 17.3 Å². The molecular weight excluding hydrogens is 358 g/mol. The van der Waals surface area contributed by atoms with Crippen molar-refractivity contribution in [3.63, 3.8) is 0 Å². The number of hydrogen-bond donors (Lipinski definition) is 2. The maximum absolute atomic E-state index is 13.3. The van der Waals surface area contributed by atoms with Crippen molar-refractivity contribution in [3.8, 4) is 11.5 Å². The molecule has 0 heterocycles. The summed E-state index contributed by atoms with van der Waals surface area (Å²) in [6.07, 6.45) is 0. The van der Waals surface area contributed by atoms with Crippen molar-refractivity contribution >= 4 is 40.5 Å². The zero-order chi connectivity index (χ0) is 17.7. The Hall–Kier alpha value is -2.18. The van der Waals surface area contributed by atoms with Crippen LogP contribution in [0.2, 0.25) is 10.0 Å². The zero-order valence-electron chi connectivity index (χ0n) is 13.0. The number of rotatable bonds is 6. The molecule has 0 unspecified atom stereocenters. The number of halogens is 3. The van der Waals surface area contributed by atoms with Crippen LogP contribution in [0.1, 0.15) is 0 Å². The minimum absolute atomic E-state index is 0.0163. The lowest BCUT2D eigenvalue weighted by atomic mass is 10.2. The SMILES string of the molecule is COc1cc(OC)c(NC(=O)CNc2ccc(Cl)c(F)c2)cc1Cl. The Labute approximate surface area is 148 Å². The quantitative estimate of drug-likeness (QED) is 0.797. The van der Waals surface area contributed by atoms with E-state index in [0.29, 0.717) is 27.9 Å². The minimum atomic E-state index is -0.564. The van der Waals surface area contributed by atoms with Crippen molar-refractivity contribution in [2.75, 3.05) is 31.4 Å². The van der Waals surface area contributed by atoms with Gasteiger partial charge in [-0.3, -0.25) is 4.79 Å². The van der Waals surface area contributed by atoms with E-state index in [2.05, 4.69) is 10.6 Å². The molecule has 0 saturated carbocycles. The number of ether oxygens (including phenoxy) is 2. The van der Waals surface area contributed by atoms with Crippen LogP contribution in [0.15, 0.2) is 30.3 Å². The van der Waals surface area contributed by atoms with Crippen molar-refractivity contribution in [1.82, 2.24) is 0 Å². The minimum Gasteiger partial charge on any atom is -0.495 e. The van der Waals surface area contributed by atoms with Crippen LogP contribution in [0, 0.1) is 5.82 Å². The topological polar surface area (TPSA) is 59.6 Å². The van der Waals surface area contributed by atoms with Gasteiger partial charge < -0.3 is 20.1 Å². The Morgan fingerprint density at radius 3 is 2.42 bits per heavy atom. The molecule has 0 radical (unpaired) electrons. The summed E-state index contributed by atoms with van der Waals surface area (Å²) in [6, 6.07) is 7.28. The van der Waals surface area contributed by atoms with Crippen LogP contribution in [-0.2, 0) is 4.79 Å². The predicted octanol–water partition coefficient (Wildman–Crippen LogP) is 4.20. The van der Waals surface area contributed by atoms with Crippen molar-refractivity contribution in [1.29, 1.82) is 0 Å². The van der Waals surface area contributed by atoms with Gasteiger partial charge in [-0.25, -0.2) is 4.39 Å². The fourth-order valence-corrected chi connectivity index (χ4v) is 2.30. The number of carbonyl (C=O) groups excluding carboxylic acids is 1. The third-order valence-electron chi connectivity index (χ3n) is 3.12. The fraction of sp³-hybridized carbons (Fsp3) is 0.188. The molecule has 1 amide bonds. The number of amides is 1. The van der Waals surface area contributed by atoms with Gasteiger partial charge in [0, 0.05) is 11.8 Å². The van der Waals surface area contributed by atoms with Gasteiger partial charge in [0.2, 0.25) is 5.91 Å². The van der Waals surface area contributed by atoms with E-state index in [1.54, 1.807) is 12.1 Å². The van der Waals surface area contributed by atoms with E-state index in [0.717, 1.165) is 0 Å². The lowest BCUT2D eigenvalue weighted by molar-refractivity contribution is -0.114. The first-order valence-electron chi connectivity index (χ1n) is 6.85. The number of hydrogen-bond acceptors (Lipinski definition) is 4. The molecule has 0 atom stereocenters. The summed E-state index contributed by atoms with van der Waals surface area (Å²) >= 11 is 11.7. The third-order valence-corrected chi connectivity index (χ3v) is 3.72. The Morgan fingerprint density at radius 1 is 1.08 bits per heavy atom. The summed E-state index contributed by atoms with van der Waals surface area (Å²) in [6.45, 7) is -0.0755. The van der Waals surface area contributed by atoms with E-state index >= 15 is 0 Å². The van der Waals surface area contributed by atoms with Gasteiger partial charge in [-0.15, -0.1) is 0 Å². The Kier molecular flexibility index (Phi) is 6.11. The number of benzene rings is 2. The van der Waals surface area contributed by atoms with Crippen molar-refractivity contribution in [3.05, 3.63) is 46.2 Å². The molecule has 8 heteroatoms. The van der Waals surface area contributed by atoms with Crippen molar-refractivity contribution in [2.45, 2.75) is 0 Å². The van der Waals surface area contributed by atoms with Gasteiger partial charge in [0.15, 0.2) is 0 Å². The number of nitrogens with one attached hydrogen (secondary N) is 2. The highest BCUT2D eigenvalue weighted by atomic mass is 35.5. The van der Waals surface area contributed by atoms with Gasteiger partial charge in [-0.2, -0.15) is 0 Å². The maximum Gasteiger partial charge on any atom is 0.243 e. The molecule has 2 rings (SSSR count). The molecule has 0 fully saturated rings.